The average Bonchev–Trinajstić information content (AvgIpc) is 2.36. The minimum atomic E-state index is 0.725. The molecule has 0 atom stereocenters. The maximum Gasteiger partial charge on any atom is 0.0653 e. The first-order valence-electron chi connectivity index (χ1n) is 3.00. The molecule has 0 fully saturated rings. The van der Waals surface area contributed by atoms with Crippen LogP contribution in [0, 0.1) is 6.07 Å². The monoisotopic (exact) mass is 150 g/mol. The molecule has 0 saturated carbocycles. The summed E-state index contributed by atoms with van der Waals surface area (Å²) >= 11 is 5.84. The molecule has 0 bridgehead atoms. The predicted octanol–water partition coefficient (Wildman–Crippen LogP) is 2.62. The Morgan fingerprint density at radius 3 is 3.10 bits per heavy atom. The zero-order chi connectivity index (χ0) is 6.97. The van der Waals surface area contributed by atoms with E-state index in [4.69, 9.17) is 11.6 Å². The van der Waals surface area contributed by atoms with Crippen LogP contribution < -0.4 is 0 Å². The summed E-state index contributed by atoms with van der Waals surface area (Å²) in [7, 11) is 0. The van der Waals surface area contributed by atoms with Crippen molar-refractivity contribution in [3.8, 4) is 0 Å². The first-order valence-corrected chi connectivity index (χ1v) is 3.38. The Hall–Kier alpha value is -0.950. The van der Waals surface area contributed by atoms with Crippen LogP contribution in [-0.2, 0) is 0 Å². The normalized spacial score (nSPS) is 10.5. The van der Waals surface area contributed by atoms with Gasteiger partial charge in [0.15, 0.2) is 0 Å². The molecule has 2 aromatic rings. The van der Waals surface area contributed by atoms with Gasteiger partial charge in [-0.1, -0.05) is 11.6 Å². The molecule has 2 rings (SSSR count). The summed E-state index contributed by atoms with van der Waals surface area (Å²) in [5.74, 6) is 0. The Labute approximate surface area is 63.6 Å². The van der Waals surface area contributed by atoms with E-state index in [-0.39, 0.29) is 0 Å². The lowest BCUT2D eigenvalue weighted by molar-refractivity contribution is 1.48. The van der Waals surface area contributed by atoms with Crippen LogP contribution >= 0.6 is 11.6 Å². The highest BCUT2D eigenvalue weighted by Crippen LogP contribution is 2.20. The summed E-state index contributed by atoms with van der Waals surface area (Å²) in [4.78, 5) is 3.04. The van der Waals surface area contributed by atoms with Crippen LogP contribution in [0.15, 0.2) is 24.4 Å². The quantitative estimate of drug-likeness (QED) is 0.594. The minimum absolute atomic E-state index is 0.725. The smallest absolute Gasteiger partial charge is 0.0653 e. The molecule has 1 heterocycles. The zero-order valence-electron chi connectivity index (χ0n) is 5.19. The SMILES string of the molecule is Clc1c[c]cc2cc[nH]c12. The molecule has 0 saturated heterocycles. The first-order chi connectivity index (χ1) is 4.88. The molecule has 0 spiro atoms. The van der Waals surface area contributed by atoms with Gasteiger partial charge in [-0.25, -0.2) is 0 Å². The van der Waals surface area contributed by atoms with Crippen molar-refractivity contribution in [1.29, 1.82) is 0 Å². The van der Waals surface area contributed by atoms with Gasteiger partial charge in [0.2, 0.25) is 0 Å². The van der Waals surface area contributed by atoms with Crippen LogP contribution in [0.3, 0.4) is 0 Å². The Balaban J connectivity index is 2.95. The van der Waals surface area contributed by atoms with Crippen LogP contribution in [0.25, 0.3) is 10.9 Å². The number of aromatic amines is 1. The molecule has 0 aliphatic heterocycles. The van der Waals surface area contributed by atoms with Crippen molar-refractivity contribution >= 4 is 22.5 Å². The molecule has 0 unspecified atom stereocenters. The van der Waals surface area contributed by atoms with E-state index in [1.807, 2.05) is 18.3 Å². The fourth-order valence-electron chi connectivity index (χ4n) is 0.985. The zero-order valence-corrected chi connectivity index (χ0v) is 5.94. The minimum Gasteiger partial charge on any atom is -0.360 e. The number of aromatic nitrogens is 1. The highest BCUT2D eigenvalue weighted by atomic mass is 35.5. The van der Waals surface area contributed by atoms with Gasteiger partial charge < -0.3 is 4.98 Å². The standard InChI is InChI=1S/C8H5ClN/c9-7-3-1-2-6-4-5-10-8(6)7/h2-5,10H. The van der Waals surface area contributed by atoms with Crippen LogP contribution in [-0.4, -0.2) is 4.98 Å². The van der Waals surface area contributed by atoms with Gasteiger partial charge in [0.25, 0.3) is 0 Å². The molecule has 49 valence electrons. The van der Waals surface area contributed by atoms with Crippen molar-refractivity contribution in [2.75, 3.05) is 0 Å². The fraction of sp³-hybridized carbons (Fsp3) is 0. The fourth-order valence-corrected chi connectivity index (χ4v) is 1.21. The molecular weight excluding hydrogens is 146 g/mol. The largest absolute Gasteiger partial charge is 0.360 e. The van der Waals surface area contributed by atoms with Crippen molar-refractivity contribution in [2.24, 2.45) is 0 Å². The number of H-pyrrole nitrogens is 1. The molecule has 1 aromatic carbocycles. The second kappa shape index (κ2) is 2.03. The summed E-state index contributed by atoms with van der Waals surface area (Å²) in [6, 6.07) is 8.56. The van der Waals surface area contributed by atoms with E-state index in [0.29, 0.717) is 0 Å². The summed E-state index contributed by atoms with van der Waals surface area (Å²) in [5, 5.41) is 1.83. The number of halogens is 1. The molecule has 1 aromatic heterocycles. The lowest BCUT2D eigenvalue weighted by Crippen LogP contribution is -1.67. The second-order valence-corrected chi connectivity index (χ2v) is 2.52. The summed E-state index contributed by atoms with van der Waals surface area (Å²) < 4.78 is 0. The van der Waals surface area contributed by atoms with Crippen LogP contribution in [0.1, 0.15) is 0 Å². The number of hydrogen-bond acceptors (Lipinski definition) is 0. The Kier molecular flexibility index (Phi) is 1.18. The maximum absolute atomic E-state index is 5.84. The van der Waals surface area contributed by atoms with Crippen molar-refractivity contribution in [3.63, 3.8) is 0 Å². The molecule has 10 heavy (non-hydrogen) atoms. The lowest BCUT2D eigenvalue weighted by atomic mass is 10.2. The van der Waals surface area contributed by atoms with Gasteiger partial charge in [0.1, 0.15) is 0 Å². The van der Waals surface area contributed by atoms with Crippen LogP contribution in [0.5, 0.6) is 0 Å². The van der Waals surface area contributed by atoms with Gasteiger partial charge in [-0.3, -0.25) is 0 Å². The molecule has 2 heteroatoms. The third kappa shape index (κ3) is 0.711. The first kappa shape index (κ1) is 5.81. The van der Waals surface area contributed by atoms with Crippen LogP contribution in [0.4, 0.5) is 0 Å². The maximum atomic E-state index is 5.84. The highest BCUT2D eigenvalue weighted by Gasteiger charge is 1.95. The lowest BCUT2D eigenvalue weighted by Gasteiger charge is -1.89. The number of fused-ring (bicyclic) bond motifs is 1. The molecule has 1 radical (unpaired) electrons. The van der Waals surface area contributed by atoms with E-state index in [1.165, 1.54) is 0 Å². The van der Waals surface area contributed by atoms with Crippen LogP contribution in [0.2, 0.25) is 5.02 Å². The number of hydrogen-bond donors (Lipinski definition) is 1. The van der Waals surface area contributed by atoms with Crippen molar-refractivity contribution in [2.45, 2.75) is 0 Å². The average molecular weight is 151 g/mol. The number of nitrogens with one attached hydrogen (secondary N) is 1. The Bertz CT molecular complexity index is 351. The van der Waals surface area contributed by atoms with Crippen molar-refractivity contribution in [3.05, 3.63) is 35.5 Å². The predicted molar refractivity (Wildman–Crippen MR) is 42.1 cm³/mol. The second-order valence-electron chi connectivity index (χ2n) is 2.11. The molecule has 0 amide bonds. The van der Waals surface area contributed by atoms with Crippen molar-refractivity contribution < 1.29 is 0 Å². The van der Waals surface area contributed by atoms with E-state index >= 15 is 0 Å². The Morgan fingerprint density at radius 2 is 2.30 bits per heavy atom. The van der Waals surface area contributed by atoms with E-state index < -0.39 is 0 Å². The molecule has 1 N–H and O–H groups in total. The third-order valence-corrected chi connectivity index (χ3v) is 1.77. The van der Waals surface area contributed by atoms with Gasteiger partial charge >= 0.3 is 0 Å². The Morgan fingerprint density at radius 1 is 1.40 bits per heavy atom. The number of rotatable bonds is 0. The summed E-state index contributed by atoms with van der Waals surface area (Å²) in [6.07, 6.45) is 1.87. The summed E-state index contributed by atoms with van der Waals surface area (Å²) in [5.41, 5.74) is 0.986. The van der Waals surface area contributed by atoms with E-state index in [2.05, 4.69) is 11.1 Å². The van der Waals surface area contributed by atoms with Crippen molar-refractivity contribution in [1.82, 2.24) is 4.98 Å². The summed E-state index contributed by atoms with van der Waals surface area (Å²) in [6.45, 7) is 0. The molecule has 0 aliphatic carbocycles. The van der Waals surface area contributed by atoms with E-state index in [1.54, 1.807) is 6.07 Å². The molecular formula is C8H5ClN. The van der Waals surface area contributed by atoms with Gasteiger partial charge in [-0.15, -0.1) is 0 Å². The number of benzene rings is 1. The third-order valence-electron chi connectivity index (χ3n) is 1.47. The van der Waals surface area contributed by atoms with Gasteiger partial charge in [-0.05, 0) is 24.3 Å². The van der Waals surface area contributed by atoms with E-state index in [9.17, 15) is 0 Å². The highest BCUT2D eigenvalue weighted by molar-refractivity contribution is 6.35. The van der Waals surface area contributed by atoms with Gasteiger partial charge in [0.05, 0.1) is 10.5 Å². The molecule has 0 aliphatic rings. The molecule has 1 nitrogen and oxygen atoms in total. The van der Waals surface area contributed by atoms with E-state index in [0.717, 1.165) is 15.9 Å². The topological polar surface area (TPSA) is 15.8 Å². The van der Waals surface area contributed by atoms with Gasteiger partial charge in [0, 0.05) is 11.6 Å². The van der Waals surface area contributed by atoms with Gasteiger partial charge in [-0.2, -0.15) is 0 Å².